The van der Waals surface area contributed by atoms with E-state index in [4.69, 9.17) is 19.4 Å². The van der Waals surface area contributed by atoms with Gasteiger partial charge in [0.15, 0.2) is 0 Å². The number of hydrogen-bond donors (Lipinski definition) is 4. The van der Waals surface area contributed by atoms with E-state index in [0.717, 1.165) is 66.3 Å². The zero-order chi connectivity index (χ0) is 40.7. The first-order valence-corrected chi connectivity index (χ1v) is 20.0. The number of nitrogens with zero attached hydrogens (tertiary/aromatic N) is 4. The minimum absolute atomic E-state index is 0.00175. The van der Waals surface area contributed by atoms with Gasteiger partial charge in [0.1, 0.15) is 23.7 Å². The molecule has 4 N–H and O–H groups in total. The molecule has 6 atom stereocenters. The molecule has 0 saturated carbocycles. The van der Waals surface area contributed by atoms with Crippen molar-refractivity contribution in [2.45, 2.75) is 110 Å². The zero-order valence-corrected chi connectivity index (χ0v) is 34.0. The van der Waals surface area contributed by atoms with Gasteiger partial charge in [-0.25, -0.2) is 19.6 Å². The Hall–Kier alpha value is -5.66. The van der Waals surface area contributed by atoms with Crippen LogP contribution in [0, 0.1) is 11.8 Å². The summed E-state index contributed by atoms with van der Waals surface area (Å²) in [6.07, 6.45) is 6.40. The van der Waals surface area contributed by atoms with E-state index >= 15 is 0 Å². The van der Waals surface area contributed by atoms with Gasteiger partial charge in [0.2, 0.25) is 11.8 Å². The second-order valence-corrected chi connectivity index (χ2v) is 16.4. The minimum atomic E-state index is -0.706. The van der Waals surface area contributed by atoms with Crippen molar-refractivity contribution in [3.05, 3.63) is 71.6 Å². The number of likely N-dealkylation sites (tertiary alicyclic amines) is 2. The molecule has 14 heteroatoms. The predicted octanol–water partition coefficient (Wildman–Crippen LogP) is 6.90. The summed E-state index contributed by atoms with van der Waals surface area (Å²) in [4.78, 5) is 72.1. The highest BCUT2D eigenvalue weighted by molar-refractivity contribution is 5.88. The molecule has 57 heavy (non-hydrogen) atoms. The number of aromatic amines is 2. The first-order chi connectivity index (χ1) is 27.3. The van der Waals surface area contributed by atoms with E-state index in [-0.39, 0.29) is 47.8 Å². The third-order valence-electron chi connectivity index (χ3n) is 12.0. The van der Waals surface area contributed by atoms with E-state index in [1.165, 1.54) is 36.5 Å². The van der Waals surface area contributed by atoms with Crippen LogP contribution in [0.2, 0.25) is 0 Å². The summed E-state index contributed by atoms with van der Waals surface area (Å²) in [6.45, 7) is 11.7. The fourth-order valence-electron chi connectivity index (χ4n) is 8.82. The number of alkyl carbamates (subject to hydrolysis) is 2. The fourth-order valence-corrected chi connectivity index (χ4v) is 8.82. The van der Waals surface area contributed by atoms with Gasteiger partial charge in [0.05, 0.1) is 50.1 Å². The summed E-state index contributed by atoms with van der Waals surface area (Å²) in [5.41, 5.74) is 8.61. The average Bonchev–Trinajstić information content (AvgIpc) is 4.04. The molecule has 302 valence electrons. The fraction of sp³-hybridized carbons (Fsp3) is 0.488. The smallest absolute Gasteiger partial charge is 0.407 e. The van der Waals surface area contributed by atoms with E-state index in [0.29, 0.717) is 0 Å². The number of imidazole rings is 2. The molecule has 0 spiro atoms. The number of nitrogens with one attached hydrogen (secondary N) is 4. The second kappa shape index (κ2) is 16.1. The molecule has 0 unspecified atom stereocenters. The molecule has 3 aliphatic rings. The van der Waals surface area contributed by atoms with Crippen molar-refractivity contribution in [3.63, 3.8) is 0 Å². The Morgan fingerprint density at radius 1 is 0.667 bits per heavy atom. The van der Waals surface area contributed by atoms with Crippen LogP contribution < -0.4 is 10.6 Å². The number of aromatic nitrogens is 4. The lowest BCUT2D eigenvalue weighted by Crippen LogP contribution is -2.52. The number of fused-ring (bicyclic) bond motifs is 3. The summed E-state index contributed by atoms with van der Waals surface area (Å²) in [5, 5.41) is 5.46. The van der Waals surface area contributed by atoms with Gasteiger partial charge in [-0.1, -0.05) is 52.0 Å². The summed E-state index contributed by atoms with van der Waals surface area (Å²) < 4.78 is 9.60. The number of carbonyl (C=O) groups excluding carboxylic acids is 4. The van der Waals surface area contributed by atoms with Crippen LogP contribution in [0.15, 0.2) is 48.8 Å². The molecule has 2 aromatic heterocycles. The van der Waals surface area contributed by atoms with Crippen LogP contribution in [0.25, 0.3) is 33.6 Å². The van der Waals surface area contributed by atoms with Crippen LogP contribution >= 0.6 is 0 Å². The number of rotatable bonds is 10. The van der Waals surface area contributed by atoms with Gasteiger partial charge in [-0.15, -0.1) is 0 Å². The molecule has 4 heterocycles. The van der Waals surface area contributed by atoms with Crippen LogP contribution in [0.3, 0.4) is 0 Å². The molecule has 14 nitrogen and oxygen atoms in total. The Morgan fingerprint density at radius 2 is 1.07 bits per heavy atom. The Labute approximate surface area is 333 Å². The SMILES string of the molecule is COC(=O)N[C@H](C(=O)N1[C@@H](C)CC[C@H]1c1ncc(-c2ccc3c(c2)Cc2cc(-c4cnc([C@@H]5CC[C@H](C)N5C(=O)[C@@H](NC(=O)OC)C(C)C)[nH]4)ccc2-3)[nH]1)C(C)C. The van der Waals surface area contributed by atoms with Crippen molar-refractivity contribution >= 4 is 24.0 Å². The van der Waals surface area contributed by atoms with Gasteiger partial charge in [-0.3, -0.25) is 9.59 Å². The molecule has 1 aliphatic carbocycles. The maximum absolute atomic E-state index is 13.8. The van der Waals surface area contributed by atoms with Crippen LogP contribution in [0.1, 0.15) is 102 Å². The Bertz CT molecular complexity index is 2010. The van der Waals surface area contributed by atoms with Gasteiger partial charge >= 0.3 is 12.2 Å². The average molecular weight is 779 g/mol. The first kappa shape index (κ1) is 39.6. The topological polar surface area (TPSA) is 175 Å². The molecule has 2 aliphatic heterocycles. The number of benzene rings is 2. The van der Waals surface area contributed by atoms with Crippen LogP contribution in [0.5, 0.6) is 0 Å². The van der Waals surface area contributed by atoms with E-state index in [1.807, 2.05) is 63.7 Å². The molecular formula is C43H54N8O6. The van der Waals surface area contributed by atoms with E-state index in [2.05, 4.69) is 57.0 Å². The van der Waals surface area contributed by atoms with Crippen molar-refractivity contribution in [3.8, 4) is 33.6 Å². The summed E-state index contributed by atoms with van der Waals surface area (Å²) in [7, 11) is 2.59. The third-order valence-corrected chi connectivity index (χ3v) is 12.0. The number of ether oxygens (including phenoxy) is 2. The first-order valence-electron chi connectivity index (χ1n) is 20.0. The van der Waals surface area contributed by atoms with Crippen LogP contribution in [-0.2, 0) is 25.5 Å². The predicted molar refractivity (Wildman–Crippen MR) is 215 cm³/mol. The largest absolute Gasteiger partial charge is 0.453 e. The molecule has 4 aromatic rings. The maximum Gasteiger partial charge on any atom is 0.407 e. The lowest BCUT2D eigenvalue weighted by atomic mass is 10.0. The van der Waals surface area contributed by atoms with Gasteiger partial charge in [0.25, 0.3) is 0 Å². The number of H-pyrrole nitrogens is 2. The van der Waals surface area contributed by atoms with E-state index < -0.39 is 24.3 Å². The van der Waals surface area contributed by atoms with Gasteiger partial charge in [0, 0.05) is 12.1 Å². The van der Waals surface area contributed by atoms with Crippen molar-refractivity contribution < 1.29 is 28.7 Å². The molecule has 4 amide bonds. The second-order valence-electron chi connectivity index (χ2n) is 16.4. The molecule has 2 saturated heterocycles. The lowest BCUT2D eigenvalue weighted by molar-refractivity contribution is -0.138. The number of amides is 4. The highest BCUT2D eigenvalue weighted by atomic mass is 16.5. The van der Waals surface area contributed by atoms with E-state index in [1.54, 1.807) is 0 Å². The molecule has 7 rings (SSSR count). The standard InChI is InChI=1S/C43H54N8O6/c1-22(2)36(48-42(54)56-7)40(52)50-24(5)9-15-34(50)38-44-20-32(46-38)26-11-13-30-28(17-26)19-29-18-27(12-14-31(29)30)33-21-45-39(47-33)35-16-10-25(6)51(35)41(53)37(23(3)4)49-43(55)57-8/h11-14,17-18,20-25,34-37H,9-10,15-16,19H2,1-8H3,(H,44,46)(H,45,47)(H,48,54)(H,49,55)/t24-,25-,34-,35-,36-,37-/m0/s1. The number of carbonyl (C=O) groups is 4. The Balaban J connectivity index is 1.06. The Kier molecular flexibility index (Phi) is 11.2. The third kappa shape index (κ3) is 7.61. The summed E-state index contributed by atoms with van der Waals surface area (Å²) in [5.74, 6) is 0.942. The van der Waals surface area contributed by atoms with Gasteiger partial charge in [-0.2, -0.15) is 0 Å². The van der Waals surface area contributed by atoms with Crippen molar-refractivity contribution in [2.75, 3.05) is 14.2 Å². The maximum atomic E-state index is 13.8. The number of hydrogen-bond acceptors (Lipinski definition) is 8. The molecule has 2 fully saturated rings. The van der Waals surface area contributed by atoms with Crippen molar-refractivity contribution in [1.82, 2.24) is 40.4 Å². The van der Waals surface area contributed by atoms with Gasteiger partial charge in [-0.05, 0) is 103 Å². The van der Waals surface area contributed by atoms with Gasteiger partial charge < -0.3 is 39.9 Å². The van der Waals surface area contributed by atoms with Crippen molar-refractivity contribution in [2.24, 2.45) is 11.8 Å². The normalized spacial score (nSPS) is 21.0. The van der Waals surface area contributed by atoms with E-state index in [9.17, 15) is 19.2 Å². The van der Waals surface area contributed by atoms with Crippen LogP contribution in [0.4, 0.5) is 9.59 Å². The molecule has 2 aromatic carbocycles. The monoisotopic (exact) mass is 778 g/mol. The Morgan fingerprint density at radius 3 is 1.44 bits per heavy atom. The highest BCUT2D eigenvalue weighted by Crippen LogP contribution is 2.42. The molecule has 0 radical (unpaired) electrons. The molecule has 0 bridgehead atoms. The molecular weight excluding hydrogens is 725 g/mol. The summed E-state index contributed by atoms with van der Waals surface area (Å²) in [6, 6.07) is 11.1. The highest BCUT2D eigenvalue weighted by Gasteiger charge is 2.42. The lowest BCUT2D eigenvalue weighted by Gasteiger charge is -2.32. The summed E-state index contributed by atoms with van der Waals surface area (Å²) >= 11 is 0. The minimum Gasteiger partial charge on any atom is -0.453 e. The zero-order valence-electron chi connectivity index (χ0n) is 34.0. The quantitative estimate of drug-likeness (QED) is 0.118. The number of methoxy groups -OCH3 is 2. The van der Waals surface area contributed by atoms with Crippen LogP contribution in [-0.4, -0.2) is 92.1 Å². The van der Waals surface area contributed by atoms with Crippen molar-refractivity contribution in [1.29, 1.82) is 0 Å².